The molecule has 0 saturated carbocycles. The van der Waals surface area contributed by atoms with Gasteiger partial charge >= 0.3 is 0 Å². The van der Waals surface area contributed by atoms with Gasteiger partial charge in [0.1, 0.15) is 12.4 Å². The standard InChI is InChI=1S/C13H19NO/c1-2-3-6-9-14-12-10-15-13-8-5-4-7-11(12)13/h4-5,7-8,12,14H,2-3,6,9-10H2,1H3. The Bertz CT molecular complexity index is 311. The molecule has 1 N–H and O–H groups in total. The highest BCUT2D eigenvalue weighted by Gasteiger charge is 2.22. The molecule has 0 aromatic heterocycles. The van der Waals surface area contributed by atoms with Crippen molar-refractivity contribution in [2.45, 2.75) is 32.2 Å². The third-order valence-corrected chi connectivity index (χ3v) is 2.87. The van der Waals surface area contributed by atoms with Crippen molar-refractivity contribution in [1.82, 2.24) is 5.32 Å². The molecule has 1 atom stereocenters. The van der Waals surface area contributed by atoms with Gasteiger partial charge in [-0.05, 0) is 19.0 Å². The van der Waals surface area contributed by atoms with Gasteiger partial charge in [-0.3, -0.25) is 0 Å². The Morgan fingerprint density at radius 2 is 2.20 bits per heavy atom. The average Bonchev–Trinajstić information content (AvgIpc) is 2.68. The minimum Gasteiger partial charge on any atom is -0.491 e. The lowest BCUT2D eigenvalue weighted by molar-refractivity contribution is 0.310. The topological polar surface area (TPSA) is 21.3 Å². The van der Waals surface area contributed by atoms with Gasteiger partial charge in [0.15, 0.2) is 0 Å². The summed E-state index contributed by atoms with van der Waals surface area (Å²) in [5.41, 5.74) is 1.31. The van der Waals surface area contributed by atoms with Crippen LogP contribution in [0.15, 0.2) is 24.3 Å². The number of nitrogens with one attached hydrogen (secondary N) is 1. The summed E-state index contributed by atoms with van der Waals surface area (Å²) in [6.07, 6.45) is 3.84. The van der Waals surface area contributed by atoms with E-state index in [0.717, 1.165) is 18.9 Å². The van der Waals surface area contributed by atoms with E-state index in [1.165, 1.54) is 24.8 Å². The summed E-state index contributed by atoms with van der Waals surface area (Å²) >= 11 is 0. The maximum atomic E-state index is 5.61. The molecule has 2 heteroatoms. The van der Waals surface area contributed by atoms with Crippen LogP contribution in [-0.4, -0.2) is 13.2 Å². The summed E-state index contributed by atoms with van der Waals surface area (Å²) < 4.78 is 5.61. The molecule has 1 unspecified atom stereocenters. The summed E-state index contributed by atoms with van der Waals surface area (Å²) in [6.45, 7) is 4.11. The van der Waals surface area contributed by atoms with Gasteiger partial charge < -0.3 is 10.1 Å². The SMILES string of the molecule is CCCCCNC1COc2ccccc21. The molecule has 82 valence electrons. The molecule has 1 heterocycles. The Balaban J connectivity index is 1.85. The van der Waals surface area contributed by atoms with Gasteiger partial charge in [-0.1, -0.05) is 38.0 Å². The van der Waals surface area contributed by atoms with Gasteiger partial charge in [0.25, 0.3) is 0 Å². The second-order valence-electron chi connectivity index (χ2n) is 4.06. The van der Waals surface area contributed by atoms with E-state index in [9.17, 15) is 0 Å². The molecule has 1 aliphatic heterocycles. The van der Waals surface area contributed by atoms with Crippen molar-refractivity contribution >= 4 is 0 Å². The van der Waals surface area contributed by atoms with E-state index < -0.39 is 0 Å². The van der Waals surface area contributed by atoms with E-state index in [4.69, 9.17) is 4.74 Å². The summed E-state index contributed by atoms with van der Waals surface area (Å²) in [7, 11) is 0. The van der Waals surface area contributed by atoms with Crippen molar-refractivity contribution in [2.75, 3.05) is 13.2 Å². The molecule has 0 amide bonds. The highest BCUT2D eigenvalue weighted by Crippen LogP contribution is 2.31. The lowest BCUT2D eigenvalue weighted by Crippen LogP contribution is -2.23. The van der Waals surface area contributed by atoms with Crippen LogP contribution in [0.4, 0.5) is 0 Å². The van der Waals surface area contributed by atoms with E-state index in [1.54, 1.807) is 0 Å². The number of ether oxygens (including phenoxy) is 1. The Morgan fingerprint density at radius 1 is 1.33 bits per heavy atom. The van der Waals surface area contributed by atoms with Crippen LogP contribution >= 0.6 is 0 Å². The molecule has 0 fully saturated rings. The smallest absolute Gasteiger partial charge is 0.124 e. The Labute approximate surface area is 91.6 Å². The van der Waals surface area contributed by atoms with Crippen LogP contribution in [0.1, 0.15) is 37.8 Å². The van der Waals surface area contributed by atoms with Crippen LogP contribution < -0.4 is 10.1 Å². The number of para-hydroxylation sites is 1. The van der Waals surface area contributed by atoms with E-state index in [0.29, 0.717) is 6.04 Å². The third-order valence-electron chi connectivity index (χ3n) is 2.87. The zero-order valence-corrected chi connectivity index (χ0v) is 9.33. The van der Waals surface area contributed by atoms with Gasteiger partial charge in [0, 0.05) is 5.56 Å². The minimum absolute atomic E-state index is 0.401. The monoisotopic (exact) mass is 205 g/mol. The van der Waals surface area contributed by atoms with E-state index in [-0.39, 0.29) is 0 Å². The van der Waals surface area contributed by atoms with Crippen LogP contribution in [0.5, 0.6) is 5.75 Å². The molecule has 1 aliphatic rings. The van der Waals surface area contributed by atoms with Gasteiger partial charge in [0.05, 0.1) is 6.04 Å². The van der Waals surface area contributed by atoms with Crippen LogP contribution in [0.3, 0.4) is 0 Å². The predicted octanol–water partition coefficient (Wildman–Crippen LogP) is 2.90. The largest absolute Gasteiger partial charge is 0.491 e. The zero-order valence-electron chi connectivity index (χ0n) is 9.33. The molecule has 15 heavy (non-hydrogen) atoms. The normalized spacial score (nSPS) is 18.6. The highest BCUT2D eigenvalue weighted by molar-refractivity contribution is 5.39. The average molecular weight is 205 g/mol. The van der Waals surface area contributed by atoms with Crippen molar-refractivity contribution < 1.29 is 4.74 Å². The number of hydrogen-bond donors (Lipinski definition) is 1. The van der Waals surface area contributed by atoms with Crippen molar-refractivity contribution in [3.05, 3.63) is 29.8 Å². The lowest BCUT2D eigenvalue weighted by Gasteiger charge is -2.10. The quantitative estimate of drug-likeness (QED) is 0.746. The fourth-order valence-corrected chi connectivity index (χ4v) is 1.98. The maximum Gasteiger partial charge on any atom is 0.124 e. The van der Waals surface area contributed by atoms with Gasteiger partial charge in [-0.2, -0.15) is 0 Å². The Kier molecular flexibility index (Phi) is 3.62. The lowest BCUT2D eigenvalue weighted by atomic mass is 10.1. The maximum absolute atomic E-state index is 5.61. The number of benzene rings is 1. The highest BCUT2D eigenvalue weighted by atomic mass is 16.5. The van der Waals surface area contributed by atoms with Crippen LogP contribution in [0.2, 0.25) is 0 Å². The van der Waals surface area contributed by atoms with Gasteiger partial charge in [-0.25, -0.2) is 0 Å². The number of unbranched alkanes of at least 4 members (excludes halogenated alkanes) is 2. The van der Waals surface area contributed by atoms with Crippen molar-refractivity contribution in [2.24, 2.45) is 0 Å². The van der Waals surface area contributed by atoms with Crippen molar-refractivity contribution in [3.8, 4) is 5.75 Å². The number of hydrogen-bond acceptors (Lipinski definition) is 2. The van der Waals surface area contributed by atoms with Crippen LogP contribution in [0.25, 0.3) is 0 Å². The third kappa shape index (κ3) is 2.51. The molecule has 1 aromatic carbocycles. The molecular weight excluding hydrogens is 186 g/mol. The first-order valence-electron chi connectivity index (χ1n) is 5.87. The van der Waals surface area contributed by atoms with Gasteiger partial charge in [0.2, 0.25) is 0 Å². The fourth-order valence-electron chi connectivity index (χ4n) is 1.98. The molecule has 0 saturated heterocycles. The second-order valence-corrected chi connectivity index (χ2v) is 4.06. The minimum atomic E-state index is 0.401. The molecule has 2 rings (SSSR count). The van der Waals surface area contributed by atoms with E-state index in [1.807, 2.05) is 12.1 Å². The van der Waals surface area contributed by atoms with Crippen LogP contribution in [0, 0.1) is 0 Å². The molecule has 2 nitrogen and oxygen atoms in total. The summed E-state index contributed by atoms with van der Waals surface area (Å²) in [4.78, 5) is 0. The van der Waals surface area contributed by atoms with Crippen molar-refractivity contribution in [1.29, 1.82) is 0 Å². The summed E-state index contributed by atoms with van der Waals surface area (Å²) in [5.74, 6) is 1.05. The fraction of sp³-hybridized carbons (Fsp3) is 0.538. The van der Waals surface area contributed by atoms with Crippen molar-refractivity contribution in [3.63, 3.8) is 0 Å². The Morgan fingerprint density at radius 3 is 3.07 bits per heavy atom. The second kappa shape index (κ2) is 5.17. The molecule has 0 spiro atoms. The molecule has 0 aliphatic carbocycles. The first kappa shape index (κ1) is 10.5. The summed E-state index contributed by atoms with van der Waals surface area (Å²) in [5, 5.41) is 3.55. The van der Waals surface area contributed by atoms with E-state index >= 15 is 0 Å². The molecule has 0 bridgehead atoms. The first-order chi connectivity index (χ1) is 7.42. The first-order valence-corrected chi connectivity index (χ1v) is 5.87. The molecule has 1 aromatic rings. The number of fused-ring (bicyclic) bond motifs is 1. The Hall–Kier alpha value is -1.02. The zero-order chi connectivity index (χ0) is 10.5. The van der Waals surface area contributed by atoms with E-state index in [2.05, 4.69) is 24.4 Å². The summed E-state index contributed by atoms with van der Waals surface area (Å²) in [6, 6.07) is 8.70. The van der Waals surface area contributed by atoms with Gasteiger partial charge in [-0.15, -0.1) is 0 Å². The molecular formula is C13H19NO. The number of rotatable bonds is 5. The van der Waals surface area contributed by atoms with Crippen LogP contribution in [-0.2, 0) is 0 Å². The predicted molar refractivity (Wildman–Crippen MR) is 62.2 cm³/mol. The molecule has 0 radical (unpaired) electrons.